The van der Waals surface area contributed by atoms with Crippen molar-refractivity contribution in [2.24, 2.45) is 0 Å². The Balaban J connectivity index is 1.77. The zero-order chi connectivity index (χ0) is 16.9. The molecule has 1 heterocycles. The first kappa shape index (κ1) is 15.7. The predicted molar refractivity (Wildman–Crippen MR) is 85.1 cm³/mol. The highest BCUT2D eigenvalue weighted by molar-refractivity contribution is 5.94. The van der Waals surface area contributed by atoms with Crippen LogP contribution in [0.1, 0.15) is 22.3 Å². The summed E-state index contributed by atoms with van der Waals surface area (Å²) in [7, 11) is 0. The summed E-state index contributed by atoms with van der Waals surface area (Å²) >= 11 is 0. The van der Waals surface area contributed by atoms with E-state index in [1.807, 2.05) is 6.07 Å². The number of aliphatic hydroxyl groups excluding tert-OH is 1. The molecule has 7 nitrogen and oxygen atoms in total. The second kappa shape index (κ2) is 6.93. The van der Waals surface area contributed by atoms with Crippen LogP contribution >= 0.6 is 0 Å². The van der Waals surface area contributed by atoms with Crippen LogP contribution in [0.4, 0.5) is 0 Å². The number of aliphatic hydroxyl groups is 1. The second-order valence-corrected chi connectivity index (χ2v) is 5.08. The van der Waals surface area contributed by atoms with Crippen LogP contribution in [0, 0.1) is 0 Å². The van der Waals surface area contributed by atoms with E-state index in [1.165, 1.54) is 12.1 Å². The van der Waals surface area contributed by atoms with Gasteiger partial charge in [0.1, 0.15) is 11.8 Å². The number of nitrogens with one attached hydrogen (secondary N) is 1. The van der Waals surface area contributed by atoms with Gasteiger partial charge >= 0.3 is 0 Å². The van der Waals surface area contributed by atoms with Gasteiger partial charge < -0.3 is 20.1 Å². The molecule has 7 heteroatoms. The monoisotopic (exact) mass is 325 g/mol. The summed E-state index contributed by atoms with van der Waals surface area (Å²) in [6.07, 6.45) is 0. The minimum atomic E-state index is -0.809. The number of aromatic hydroxyl groups is 1. The zero-order valence-corrected chi connectivity index (χ0v) is 12.6. The molecule has 0 saturated carbocycles. The van der Waals surface area contributed by atoms with Crippen molar-refractivity contribution in [3.63, 3.8) is 0 Å². The minimum Gasteiger partial charge on any atom is -0.508 e. The lowest BCUT2D eigenvalue weighted by molar-refractivity contribution is 0.0901. The first-order valence-corrected chi connectivity index (χ1v) is 7.27. The van der Waals surface area contributed by atoms with Gasteiger partial charge in [0.25, 0.3) is 11.8 Å². The molecule has 1 unspecified atom stereocenters. The Labute approximate surface area is 137 Å². The molecule has 0 aliphatic heterocycles. The molecule has 0 radical (unpaired) electrons. The number of phenols is 1. The third-order valence-corrected chi connectivity index (χ3v) is 3.39. The van der Waals surface area contributed by atoms with E-state index in [9.17, 15) is 15.0 Å². The van der Waals surface area contributed by atoms with E-state index >= 15 is 0 Å². The summed E-state index contributed by atoms with van der Waals surface area (Å²) in [5.74, 6) is 0.187. The van der Waals surface area contributed by atoms with Crippen LogP contribution < -0.4 is 5.32 Å². The molecule has 1 amide bonds. The number of hydrogen-bond acceptors (Lipinski definition) is 6. The summed E-state index contributed by atoms with van der Waals surface area (Å²) in [4.78, 5) is 16.4. The fraction of sp³-hybridized carbons (Fsp3) is 0.118. The van der Waals surface area contributed by atoms with Crippen molar-refractivity contribution in [3.05, 3.63) is 66.1 Å². The van der Waals surface area contributed by atoms with Gasteiger partial charge in [-0.3, -0.25) is 4.79 Å². The van der Waals surface area contributed by atoms with Crippen LogP contribution in [-0.2, 0) is 0 Å². The molecule has 122 valence electrons. The topological polar surface area (TPSA) is 108 Å². The van der Waals surface area contributed by atoms with E-state index in [2.05, 4.69) is 15.5 Å². The number of phenolic OH excluding ortho intramolecular Hbond substituents is 1. The number of carbonyl (C=O) groups is 1. The van der Waals surface area contributed by atoms with Crippen LogP contribution in [0.5, 0.6) is 5.75 Å². The van der Waals surface area contributed by atoms with E-state index in [1.54, 1.807) is 36.4 Å². The van der Waals surface area contributed by atoms with Crippen LogP contribution in [0.3, 0.4) is 0 Å². The average Bonchev–Trinajstić information content (AvgIpc) is 3.10. The fourth-order valence-corrected chi connectivity index (χ4v) is 2.12. The van der Waals surface area contributed by atoms with Crippen molar-refractivity contribution in [2.45, 2.75) is 6.04 Å². The Hall–Kier alpha value is -3.19. The quantitative estimate of drug-likeness (QED) is 0.661. The van der Waals surface area contributed by atoms with Gasteiger partial charge in [-0.2, -0.15) is 4.98 Å². The van der Waals surface area contributed by atoms with Crippen molar-refractivity contribution < 1.29 is 19.5 Å². The average molecular weight is 325 g/mol. The first-order valence-electron chi connectivity index (χ1n) is 7.27. The van der Waals surface area contributed by atoms with E-state index in [-0.39, 0.29) is 24.2 Å². The van der Waals surface area contributed by atoms with E-state index in [4.69, 9.17) is 4.52 Å². The summed E-state index contributed by atoms with van der Waals surface area (Å²) in [5, 5.41) is 25.3. The summed E-state index contributed by atoms with van der Waals surface area (Å²) in [5.41, 5.74) is 1.11. The SMILES string of the molecule is O=C(NC(CO)c1nc(-c2ccc(O)cc2)no1)c1ccccc1. The molecule has 0 saturated heterocycles. The van der Waals surface area contributed by atoms with Crippen LogP contribution in [0.15, 0.2) is 59.1 Å². The number of nitrogens with zero attached hydrogens (tertiary/aromatic N) is 2. The van der Waals surface area contributed by atoms with Gasteiger partial charge in [-0.05, 0) is 36.4 Å². The van der Waals surface area contributed by atoms with E-state index < -0.39 is 6.04 Å². The van der Waals surface area contributed by atoms with Crippen molar-refractivity contribution >= 4 is 5.91 Å². The number of carbonyl (C=O) groups excluding carboxylic acids is 1. The van der Waals surface area contributed by atoms with Crippen LogP contribution in [0.25, 0.3) is 11.4 Å². The molecule has 1 aromatic heterocycles. The smallest absolute Gasteiger partial charge is 0.251 e. The van der Waals surface area contributed by atoms with E-state index in [0.717, 1.165) is 0 Å². The maximum Gasteiger partial charge on any atom is 0.251 e. The third-order valence-electron chi connectivity index (χ3n) is 3.39. The molecule has 3 N–H and O–H groups in total. The number of hydrogen-bond donors (Lipinski definition) is 3. The lowest BCUT2D eigenvalue weighted by atomic mass is 10.2. The minimum absolute atomic E-state index is 0.102. The Morgan fingerprint density at radius 2 is 1.83 bits per heavy atom. The number of rotatable bonds is 5. The van der Waals surface area contributed by atoms with Gasteiger partial charge in [0, 0.05) is 11.1 Å². The van der Waals surface area contributed by atoms with Crippen molar-refractivity contribution in [3.8, 4) is 17.1 Å². The van der Waals surface area contributed by atoms with Gasteiger partial charge in [0.15, 0.2) is 0 Å². The Kier molecular flexibility index (Phi) is 4.53. The predicted octanol–water partition coefficient (Wildman–Crippen LogP) is 1.91. The Morgan fingerprint density at radius 1 is 1.12 bits per heavy atom. The Morgan fingerprint density at radius 3 is 2.50 bits per heavy atom. The lowest BCUT2D eigenvalue weighted by Crippen LogP contribution is -2.31. The molecule has 0 aliphatic carbocycles. The molecule has 0 fully saturated rings. The van der Waals surface area contributed by atoms with Gasteiger partial charge in [-0.1, -0.05) is 23.4 Å². The van der Waals surface area contributed by atoms with Gasteiger partial charge in [-0.15, -0.1) is 0 Å². The molecule has 0 bridgehead atoms. The van der Waals surface area contributed by atoms with Crippen LogP contribution in [-0.4, -0.2) is 32.9 Å². The number of benzene rings is 2. The molecular weight excluding hydrogens is 310 g/mol. The standard InChI is InChI=1S/C17H15N3O4/c21-10-14(18-16(23)12-4-2-1-3-5-12)17-19-15(20-24-17)11-6-8-13(22)9-7-11/h1-9,14,21-22H,10H2,(H,18,23). The van der Waals surface area contributed by atoms with Gasteiger partial charge in [0.05, 0.1) is 6.61 Å². The normalized spacial score (nSPS) is 11.9. The van der Waals surface area contributed by atoms with Crippen molar-refractivity contribution in [1.29, 1.82) is 0 Å². The Bertz CT molecular complexity index is 815. The lowest BCUT2D eigenvalue weighted by Gasteiger charge is -2.11. The zero-order valence-electron chi connectivity index (χ0n) is 12.6. The molecule has 24 heavy (non-hydrogen) atoms. The first-order chi connectivity index (χ1) is 11.7. The summed E-state index contributed by atoms with van der Waals surface area (Å²) in [6.45, 7) is -0.379. The maximum absolute atomic E-state index is 12.2. The number of aromatic nitrogens is 2. The second-order valence-electron chi connectivity index (χ2n) is 5.08. The molecule has 2 aromatic carbocycles. The molecule has 0 spiro atoms. The molecular formula is C17H15N3O4. The van der Waals surface area contributed by atoms with Gasteiger partial charge in [-0.25, -0.2) is 0 Å². The van der Waals surface area contributed by atoms with Gasteiger partial charge in [0.2, 0.25) is 5.82 Å². The number of amides is 1. The molecule has 3 aromatic rings. The summed E-state index contributed by atoms with van der Waals surface area (Å²) in [6, 6.07) is 14.1. The third kappa shape index (κ3) is 3.41. The van der Waals surface area contributed by atoms with E-state index in [0.29, 0.717) is 17.0 Å². The molecule has 0 aliphatic rings. The van der Waals surface area contributed by atoms with Crippen LogP contribution in [0.2, 0.25) is 0 Å². The maximum atomic E-state index is 12.2. The molecule has 3 rings (SSSR count). The molecule has 1 atom stereocenters. The van der Waals surface area contributed by atoms with Crippen molar-refractivity contribution in [2.75, 3.05) is 6.61 Å². The fourth-order valence-electron chi connectivity index (χ4n) is 2.12. The van der Waals surface area contributed by atoms with Crippen molar-refractivity contribution in [1.82, 2.24) is 15.5 Å². The highest BCUT2D eigenvalue weighted by Gasteiger charge is 2.21. The summed E-state index contributed by atoms with van der Waals surface area (Å²) < 4.78 is 5.14. The highest BCUT2D eigenvalue weighted by atomic mass is 16.5. The largest absolute Gasteiger partial charge is 0.508 e. The highest BCUT2D eigenvalue weighted by Crippen LogP contribution is 2.21.